The molecule has 0 radical (unpaired) electrons. The number of hydrogen-bond acceptors (Lipinski definition) is 3. The molecule has 1 saturated carbocycles. The summed E-state index contributed by atoms with van der Waals surface area (Å²) in [5.74, 6) is 0.766. The first-order chi connectivity index (χ1) is 18.7. The number of benzene rings is 3. The van der Waals surface area contributed by atoms with E-state index < -0.39 is 5.97 Å². The van der Waals surface area contributed by atoms with Crippen molar-refractivity contribution in [1.29, 1.82) is 0 Å². The zero-order chi connectivity index (χ0) is 27.6. The number of carbonyl (C=O) groups is 1. The predicted molar refractivity (Wildman–Crippen MR) is 152 cm³/mol. The first-order valence-electron chi connectivity index (χ1n) is 13.9. The zero-order valence-electron chi connectivity index (χ0n) is 23.0. The molecule has 1 unspecified atom stereocenters. The molecule has 1 N–H and O–H groups in total. The van der Waals surface area contributed by atoms with Crippen molar-refractivity contribution in [2.45, 2.75) is 64.9 Å². The second-order valence-corrected chi connectivity index (χ2v) is 11.5. The molecule has 2 aliphatic carbocycles. The van der Waals surface area contributed by atoms with Crippen molar-refractivity contribution in [3.8, 4) is 22.6 Å². The van der Waals surface area contributed by atoms with E-state index in [2.05, 4.69) is 26.0 Å². The largest absolute Gasteiger partial charge is 0.497 e. The number of carboxylic acids is 1. The summed E-state index contributed by atoms with van der Waals surface area (Å²) in [7, 11) is 1.59. The third kappa shape index (κ3) is 6.19. The molecule has 4 nitrogen and oxygen atoms in total. The molecular weight excluding hydrogens is 491 g/mol. The summed E-state index contributed by atoms with van der Waals surface area (Å²) >= 11 is 0. The Morgan fingerprint density at radius 1 is 1.03 bits per heavy atom. The average Bonchev–Trinajstić information content (AvgIpc) is 3.76. The molecule has 0 aliphatic heterocycles. The molecule has 5 rings (SSSR count). The second kappa shape index (κ2) is 11.3. The number of allylic oxidation sites excluding steroid dienone is 2. The van der Waals surface area contributed by atoms with Gasteiger partial charge in [0.15, 0.2) is 0 Å². The molecule has 0 aromatic heterocycles. The Morgan fingerprint density at radius 3 is 2.56 bits per heavy atom. The lowest BCUT2D eigenvalue weighted by Gasteiger charge is -2.33. The number of ether oxygens (including phenoxy) is 2. The summed E-state index contributed by atoms with van der Waals surface area (Å²) in [5, 5.41) is 9.40. The number of carboxylic acid groups (broad SMARTS) is 1. The monoisotopic (exact) mass is 528 g/mol. The van der Waals surface area contributed by atoms with E-state index >= 15 is 4.39 Å². The third-order valence-electron chi connectivity index (χ3n) is 8.20. The number of rotatable bonds is 10. The Bertz CT molecular complexity index is 1390. The number of halogens is 1. The van der Waals surface area contributed by atoms with E-state index in [0.29, 0.717) is 23.8 Å². The van der Waals surface area contributed by atoms with Crippen molar-refractivity contribution in [2.75, 3.05) is 7.11 Å². The van der Waals surface area contributed by atoms with E-state index in [-0.39, 0.29) is 23.6 Å². The molecule has 2 aliphatic rings. The first-order valence-corrected chi connectivity index (χ1v) is 13.9. The minimum atomic E-state index is -0.766. The van der Waals surface area contributed by atoms with Crippen LogP contribution in [-0.4, -0.2) is 18.2 Å². The number of aliphatic carboxylic acids is 1. The molecule has 0 spiro atoms. The Kier molecular flexibility index (Phi) is 7.79. The van der Waals surface area contributed by atoms with Crippen LogP contribution in [-0.2, 0) is 11.4 Å². The van der Waals surface area contributed by atoms with Crippen LogP contribution in [0.5, 0.6) is 11.5 Å². The number of methoxy groups -OCH3 is 1. The summed E-state index contributed by atoms with van der Waals surface area (Å²) in [6.45, 7) is 4.87. The molecule has 204 valence electrons. The van der Waals surface area contributed by atoms with Gasteiger partial charge in [0.25, 0.3) is 0 Å². The van der Waals surface area contributed by atoms with E-state index in [1.165, 1.54) is 11.6 Å². The fourth-order valence-corrected chi connectivity index (χ4v) is 5.90. The van der Waals surface area contributed by atoms with E-state index in [0.717, 1.165) is 60.1 Å². The average molecular weight is 529 g/mol. The van der Waals surface area contributed by atoms with E-state index in [1.54, 1.807) is 19.2 Å². The SMILES string of the molecule is COc1ccc(F)c(-c2ccc(COc3cccc(C(CC(=O)O)C4CC4)c3)cc2C2=CCCCC2(C)C)c1. The van der Waals surface area contributed by atoms with Crippen molar-refractivity contribution in [3.63, 3.8) is 0 Å². The van der Waals surface area contributed by atoms with Gasteiger partial charge in [0.1, 0.15) is 23.9 Å². The Labute approximate surface area is 230 Å². The van der Waals surface area contributed by atoms with Gasteiger partial charge in [-0.05, 0) is 114 Å². The van der Waals surface area contributed by atoms with Crippen LogP contribution in [0.2, 0.25) is 0 Å². The summed E-state index contributed by atoms with van der Waals surface area (Å²) in [6, 6.07) is 18.8. The lowest BCUT2D eigenvalue weighted by atomic mass is 9.71. The van der Waals surface area contributed by atoms with Crippen molar-refractivity contribution in [3.05, 3.63) is 89.2 Å². The molecule has 0 amide bonds. The minimum absolute atomic E-state index is 0.0233. The first kappa shape index (κ1) is 27.0. The maximum atomic E-state index is 15.1. The van der Waals surface area contributed by atoms with Gasteiger partial charge in [-0.1, -0.05) is 44.2 Å². The van der Waals surface area contributed by atoms with Gasteiger partial charge < -0.3 is 14.6 Å². The van der Waals surface area contributed by atoms with Gasteiger partial charge in [-0.2, -0.15) is 0 Å². The molecule has 0 bridgehead atoms. The quantitative estimate of drug-likeness (QED) is 0.286. The van der Waals surface area contributed by atoms with E-state index in [9.17, 15) is 9.90 Å². The number of hydrogen-bond donors (Lipinski definition) is 1. The standard InChI is InChI=1S/C34H37FO4/c1-34(2)16-5-4-9-31(34)29-17-22(10-14-27(29)30-19-25(38-3)13-15-32(30)35)21-39-26-8-6-7-24(18-26)28(20-33(36)37)23-11-12-23/h6-10,13-15,17-19,23,28H,4-5,11-12,16,20-21H2,1-3H3,(H,36,37). The fraction of sp³-hybridized carbons (Fsp3) is 0.382. The summed E-state index contributed by atoms with van der Waals surface area (Å²) < 4.78 is 26.7. The molecule has 1 fully saturated rings. The topological polar surface area (TPSA) is 55.8 Å². The van der Waals surface area contributed by atoms with Gasteiger partial charge in [0, 0.05) is 5.56 Å². The molecule has 0 heterocycles. The van der Waals surface area contributed by atoms with Gasteiger partial charge in [0.05, 0.1) is 13.5 Å². The molecule has 1 atom stereocenters. The second-order valence-electron chi connectivity index (χ2n) is 11.5. The third-order valence-corrected chi connectivity index (χ3v) is 8.20. The lowest BCUT2D eigenvalue weighted by molar-refractivity contribution is -0.137. The summed E-state index contributed by atoms with van der Waals surface area (Å²) in [4.78, 5) is 11.4. The van der Waals surface area contributed by atoms with Crippen molar-refractivity contribution < 1.29 is 23.8 Å². The van der Waals surface area contributed by atoms with Crippen LogP contribution in [0.4, 0.5) is 4.39 Å². The summed E-state index contributed by atoms with van der Waals surface area (Å²) in [6.07, 6.45) is 7.83. The smallest absolute Gasteiger partial charge is 0.303 e. The predicted octanol–water partition coefficient (Wildman–Crippen LogP) is 8.64. The minimum Gasteiger partial charge on any atom is -0.497 e. The van der Waals surface area contributed by atoms with Crippen LogP contribution in [0, 0.1) is 17.2 Å². The van der Waals surface area contributed by atoms with Crippen LogP contribution in [0.15, 0.2) is 66.7 Å². The Balaban J connectivity index is 1.46. The van der Waals surface area contributed by atoms with Crippen molar-refractivity contribution in [1.82, 2.24) is 0 Å². The van der Waals surface area contributed by atoms with Gasteiger partial charge in [-0.15, -0.1) is 0 Å². The van der Waals surface area contributed by atoms with E-state index in [4.69, 9.17) is 9.47 Å². The highest BCUT2D eigenvalue weighted by atomic mass is 19.1. The lowest BCUT2D eigenvalue weighted by Crippen LogP contribution is -2.18. The molecule has 3 aromatic carbocycles. The van der Waals surface area contributed by atoms with Crippen molar-refractivity contribution >= 4 is 11.5 Å². The molecule has 0 saturated heterocycles. The highest BCUT2D eigenvalue weighted by molar-refractivity contribution is 5.84. The van der Waals surface area contributed by atoms with Gasteiger partial charge >= 0.3 is 5.97 Å². The maximum Gasteiger partial charge on any atom is 0.303 e. The van der Waals surface area contributed by atoms with E-state index in [1.807, 2.05) is 36.4 Å². The molecule has 5 heteroatoms. The molecule has 39 heavy (non-hydrogen) atoms. The van der Waals surface area contributed by atoms with Gasteiger partial charge in [-0.25, -0.2) is 4.39 Å². The summed E-state index contributed by atoms with van der Waals surface area (Å²) in [5.41, 5.74) is 5.62. The molecule has 3 aromatic rings. The van der Waals surface area contributed by atoms with Crippen LogP contribution in [0.3, 0.4) is 0 Å². The molecular formula is C34H37FO4. The highest BCUT2D eigenvalue weighted by Gasteiger charge is 2.34. The van der Waals surface area contributed by atoms with Crippen molar-refractivity contribution in [2.24, 2.45) is 11.3 Å². The van der Waals surface area contributed by atoms with Crippen LogP contribution in [0.25, 0.3) is 16.7 Å². The normalized spacial score (nSPS) is 17.3. The Morgan fingerprint density at radius 2 is 1.85 bits per heavy atom. The fourth-order valence-electron chi connectivity index (χ4n) is 5.90. The zero-order valence-corrected chi connectivity index (χ0v) is 23.0. The van der Waals surface area contributed by atoms with Crippen LogP contribution < -0.4 is 9.47 Å². The van der Waals surface area contributed by atoms with Crippen LogP contribution in [0.1, 0.15) is 75.0 Å². The van der Waals surface area contributed by atoms with Crippen LogP contribution >= 0.6 is 0 Å². The van der Waals surface area contributed by atoms with Gasteiger partial charge in [0.2, 0.25) is 0 Å². The Hall–Kier alpha value is -3.60. The van der Waals surface area contributed by atoms with Gasteiger partial charge in [-0.3, -0.25) is 4.79 Å². The highest BCUT2D eigenvalue weighted by Crippen LogP contribution is 2.47. The maximum absolute atomic E-state index is 15.1.